The first kappa shape index (κ1) is 20.4. The minimum absolute atomic E-state index is 0.0637. The third-order valence-corrected chi connectivity index (χ3v) is 6.15. The van der Waals surface area contributed by atoms with Crippen LogP contribution in [0.15, 0.2) is 24.3 Å². The van der Waals surface area contributed by atoms with Crippen LogP contribution in [0.1, 0.15) is 48.5 Å². The van der Waals surface area contributed by atoms with Crippen molar-refractivity contribution in [1.82, 2.24) is 4.90 Å². The molecule has 0 saturated carbocycles. The Kier molecular flexibility index (Phi) is 6.08. The molecule has 1 amide bonds. The average molecular weight is 402 g/mol. The largest absolute Gasteiger partial charge is 0.497 e. The number of carbonyl (C=O) groups excluding carboxylic acids is 2. The van der Waals surface area contributed by atoms with E-state index < -0.39 is 5.97 Å². The van der Waals surface area contributed by atoms with Crippen molar-refractivity contribution < 1.29 is 19.1 Å². The molecule has 1 aliphatic carbocycles. The van der Waals surface area contributed by atoms with Crippen molar-refractivity contribution in [1.29, 1.82) is 0 Å². The Morgan fingerprint density at radius 1 is 1.07 bits per heavy atom. The van der Waals surface area contributed by atoms with E-state index in [9.17, 15) is 9.59 Å². The van der Waals surface area contributed by atoms with E-state index in [4.69, 9.17) is 9.47 Å². The molecule has 6 heteroatoms. The Labute approximate surface area is 170 Å². The Hall–Kier alpha value is -2.34. The fraction of sp³-hybridized carbons (Fsp3) is 0.455. The van der Waals surface area contributed by atoms with Gasteiger partial charge in [0.25, 0.3) is 5.91 Å². The number of methoxy groups -OCH3 is 1. The molecule has 0 N–H and O–H groups in total. The zero-order valence-corrected chi connectivity index (χ0v) is 17.9. The van der Waals surface area contributed by atoms with Gasteiger partial charge in [-0.05, 0) is 81.5 Å². The van der Waals surface area contributed by atoms with E-state index in [2.05, 4.69) is 6.07 Å². The number of ether oxygens (including phenoxy) is 2. The molecule has 0 unspecified atom stereocenters. The number of amides is 1. The average Bonchev–Trinajstić information content (AvgIpc) is 3.09. The summed E-state index contributed by atoms with van der Waals surface area (Å²) < 4.78 is 10.6. The lowest BCUT2D eigenvalue weighted by Gasteiger charge is -2.30. The van der Waals surface area contributed by atoms with Crippen LogP contribution < -0.4 is 4.74 Å². The number of fused-ring (bicyclic) bond motifs is 3. The number of carbonyl (C=O) groups is 2. The van der Waals surface area contributed by atoms with Crippen LogP contribution in [0.2, 0.25) is 0 Å². The zero-order valence-electron chi connectivity index (χ0n) is 17.1. The number of esters is 1. The molecule has 0 aliphatic heterocycles. The van der Waals surface area contributed by atoms with E-state index in [0.29, 0.717) is 4.88 Å². The molecule has 5 nitrogen and oxygen atoms in total. The van der Waals surface area contributed by atoms with Gasteiger partial charge in [-0.15, -0.1) is 11.3 Å². The summed E-state index contributed by atoms with van der Waals surface area (Å²) >= 11 is 1.43. The van der Waals surface area contributed by atoms with Crippen LogP contribution in [-0.4, -0.2) is 42.6 Å². The summed E-state index contributed by atoms with van der Waals surface area (Å²) in [5.41, 5.74) is 3.54. The van der Waals surface area contributed by atoms with Crippen LogP contribution >= 0.6 is 11.3 Å². The molecule has 0 spiro atoms. The van der Waals surface area contributed by atoms with Gasteiger partial charge in [0.2, 0.25) is 0 Å². The van der Waals surface area contributed by atoms with Crippen molar-refractivity contribution in [3.8, 4) is 16.2 Å². The fourth-order valence-corrected chi connectivity index (χ4v) is 4.95. The maximum atomic E-state index is 12.5. The van der Waals surface area contributed by atoms with E-state index in [-0.39, 0.29) is 24.6 Å². The number of nitrogens with zero attached hydrogens (tertiary/aromatic N) is 1. The highest BCUT2D eigenvalue weighted by Gasteiger charge is 2.25. The summed E-state index contributed by atoms with van der Waals surface area (Å²) in [6.45, 7) is 7.60. The van der Waals surface area contributed by atoms with Gasteiger partial charge in [-0.3, -0.25) is 4.79 Å². The Balaban J connectivity index is 1.73. The van der Waals surface area contributed by atoms with Crippen molar-refractivity contribution in [2.45, 2.75) is 52.6 Å². The molecular weight excluding hydrogens is 374 g/mol. The number of hydrogen-bond acceptors (Lipinski definition) is 5. The topological polar surface area (TPSA) is 55.8 Å². The Morgan fingerprint density at radius 3 is 2.39 bits per heavy atom. The van der Waals surface area contributed by atoms with Crippen molar-refractivity contribution in [2.75, 3.05) is 13.7 Å². The van der Waals surface area contributed by atoms with E-state index in [1.807, 2.05) is 45.9 Å². The molecule has 0 atom stereocenters. The monoisotopic (exact) mass is 401 g/mol. The lowest BCUT2D eigenvalue weighted by atomic mass is 9.91. The molecule has 28 heavy (non-hydrogen) atoms. The van der Waals surface area contributed by atoms with Crippen LogP contribution in [-0.2, 0) is 22.4 Å². The molecule has 0 bridgehead atoms. The predicted octanol–water partition coefficient (Wildman–Crippen LogP) is 4.32. The van der Waals surface area contributed by atoms with E-state index in [1.54, 1.807) is 12.0 Å². The van der Waals surface area contributed by atoms with Gasteiger partial charge in [0.1, 0.15) is 10.6 Å². The van der Waals surface area contributed by atoms with Gasteiger partial charge in [-0.25, -0.2) is 4.79 Å². The zero-order chi connectivity index (χ0) is 20.4. The van der Waals surface area contributed by atoms with Crippen molar-refractivity contribution >= 4 is 23.2 Å². The predicted molar refractivity (Wildman–Crippen MR) is 111 cm³/mol. The van der Waals surface area contributed by atoms with Crippen molar-refractivity contribution in [3.05, 3.63) is 40.3 Å². The summed E-state index contributed by atoms with van der Waals surface area (Å²) in [6, 6.07) is 8.08. The fourth-order valence-electron chi connectivity index (χ4n) is 3.78. The first-order chi connectivity index (χ1) is 13.3. The maximum Gasteiger partial charge on any atom is 0.348 e. The standard InChI is InChI=1S/C22H27NO4S/c1-13(2)23(14(3)4)20(24)12-27-22(25)19-11-16-7-6-15-10-17(26-5)8-9-18(15)21(16)28-19/h8-11,13-14H,6-7,12H2,1-5H3. The Bertz CT molecular complexity index is 877. The molecule has 3 rings (SSSR count). The van der Waals surface area contributed by atoms with Gasteiger partial charge >= 0.3 is 5.97 Å². The molecule has 0 radical (unpaired) electrons. The van der Waals surface area contributed by atoms with Crippen molar-refractivity contribution in [3.63, 3.8) is 0 Å². The second kappa shape index (κ2) is 8.35. The van der Waals surface area contributed by atoms with Gasteiger partial charge in [-0.1, -0.05) is 0 Å². The third kappa shape index (κ3) is 4.07. The minimum atomic E-state index is -0.435. The third-order valence-electron chi connectivity index (χ3n) is 4.96. The molecular formula is C22H27NO4S. The molecule has 2 aromatic rings. The van der Waals surface area contributed by atoms with Gasteiger partial charge in [0.05, 0.1) is 7.11 Å². The van der Waals surface area contributed by atoms with Gasteiger partial charge in [0, 0.05) is 17.0 Å². The number of aryl methyl sites for hydroxylation is 2. The van der Waals surface area contributed by atoms with Crippen LogP contribution in [0.3, 0.4) is 0 Å². The summed E-state index contributed by atoms with van der Waals surface area (Å²) in [6.07, 6.45) is 1.80. The normalized spacial score (nSPS) is 12.5. The molecule has 1 aromatic carbocycles. The Morgan fingerprint density at radius 2 is 1.75 bits per heavy atom. The van der Waals surface area contributed by atoms with Gasteiger partial charge in [-0.2, -0.15) is 0 Å². The summed E-state index contributed by atoms with van der Waals surface area (Å²) in [5.74, 6) is 0.240. The highest BCUT2D eigenvalue weighted by Crippen LogP contribution is 2.41. The highest BCUT2D eigenvalue weighted by atomic mass is 32.1. The summed E-state index contributed by atoms with van der Waals surface area (Å²) in [5, 5.41) is 0. The summed E-state index contributed by atoms with van der Waals surface area (Å²) in [7, 11) is 1.66. The van der Waals surface area contributed by atoms with Gasteiger partial charge in [0.15, 0.2) is 6.61 Å². The van der Waals surface area contributed by atoms with Crippen LogP contribution in [0.4, 0.5) is 0 Å². The SMILES string of the molecule is COc1ccc2c(c1)CCc1cc(C(=O)OCC(=O)N(C(C)C)C(C)C)sc1-2. The second-order valence-electron chi connectivity index (χ2n) is 7.55. The quantitative estimate of drug-likeness (QED) is 0.676. The number of thiophene rings is 1. The summed E-state index contributed by atoms with van der Waals surface area (Å²) in [4.78, 5) is 28.3. The van der Waals surface area contributed by atoms with Crippen LogP contribution in [0.5, 0.6) is 5.75 Å². The molecule has 0 saturated heterocycles. The maximum absolute atomic E-state index is 12.5. The molecule has 0 fully saturated rings. The molecule has 1 aliphatic rings. The smallest absolute Gasteiger partial charge is 0.348 e. The van der Waals surface area contributed by atoms with Crippen LogP contribution in [0, 0.1) is 0 Å². The lowest BCUT2D eigenvalue weighted by Crippen LogP contribution is -2.44. The molecule has 1 heterocycles. The van der Waals surface area contributed by atoms with Crippen molar-refractivity contribution in [2.24, 2.45) is 0 Å². The van der Waals surface area contributed by atoms with E-state index >= 15 is 0 Å². The van der Waals surface area contributed by atoms with E-state index in [0.717, 1.165) is 34.6 Å². The molecule has 150 valence electrons. The van der Waals surface area contributed by atoms with Crippen LogP contribution in [0.25, 0.3) is 10.4 Å². The van der Waals surface area contributed by atoms with Gasteiger partial charge < -0.3 is 14.4 Å². The minimum Gasteiger partial charge on any atom is -0.497 e. The first-order valence-electron chi connectivity index (χ1n) is 9.60. The molecule has 1 aromatic heterocycles. The highest BCUT2D eigenvalue weighted by molar-refractivity contribution is 7.17. The number of benzene rings is 1. The van der Waals surface area contributed by atoms with E-state index in [1.165, 1.54) is 16.9 Å². The second-order valence-corrected chi connectivity index (χ2v) is 8.60. The number of rotatable bonds is 6. The first-order valence-corrected chi connectivity index (χ1v) is 10.4. The number of hydrogen-bond donors (Lipinski definition) is 0. The lowest BCUT2D eigenvalue weighted by molar-refractivity contribution is -0.138.